The van der Waals surface area contributed by atoms with Gasteiger partial charge < -0.3 is 25.7 Å². The van der Waals surface area contributed by atoms with E-state index in [-0.39, 0.29) is 0 Å². The minimum absolute atomic E-state index is 0.551. The molecule has 0 bridgehead atoms. The van der Waals surface area contributed by atoms with Crippen LogP contribution in [0.1, 0.15) is 5.69 Å². The van der Waals surface area contributed by atoms with Crippen molar-refractivity contribution in [2.24, 2.45) is 0 Å². The predicted octanol–water partition coefficient (Wildman–Crippen LogP) is 3.56. The highest BCUT2D eigenvalue weighted by molar-refractivity contribution is 8.04. The lowest BCUT2D eigenvalue weighted by Crippen LogP contribution is -2.44. The smallest absolute Gasteiger partial charge is 0.475 e. The second-order valence-electron chi connectivity index (χ2n) is 7.12. The standard InChI is InChI=1S/C17H16N6S.2C2HF3O2/c18-11-12(16-21-14-3-1-2-4-15(14)24-16)13-5-6-20-17(22-13)23-9-7-19-8-10-23;2*3-2(4,5)1(6)7/h1-6,19,21H,7-10H2;2*(H,6,7)/b16-12+;;. The Balaban J connectivity index is 0.000000301. The number of carboxylic acid groups (broad SMARTS) is 2. The minimum Gasteiger partial charge on any atom is -0.475 e. The van der Waals surface area contributed by atoms with Crippen LogP contribution in [0.15, 0.2) is 46.5 Å². The highest BCUT2D eigenvalue weighted by Gasteiger charge is 2.38. The maximum absolute atomic E-state index is 10.6. The van der Waals surface area contributed by atoms with E-state index in [0.29, 0.717) is 17.2 Å². The molecule has 0 aliphatic carbocycles. The van der Waals surface area contributed by atoms with E-state index in [9.17, 15) is 31.6 Å². The first kappa shape index (κ1) is 30.2. The number of piperazine rings is 1. The Morgan fingerprint density at radius 3 is 2.05 bits per heavy atom. The number of aromatic nitrogens is 2. The fourth-order valence-corrected chi connectivity index (χ4v) is 3.77. The van der Waals surface area contributed by atoms with Crippen molar-refractivity contribution in [2.75, 3.05) is 36.4 Å². The molecule has 2 aromatic rings. The van der Waals surface area contributed by atoms with Crippen LogP contribution in [-0.4, -0.2) is 70.7 Å². The van der Waals surface area contributed by atoms with E-state index in [1.807, 2.05) is 24.3 Å². The summed E-state index contributed by atoms with van der Waals surface area (Å²) in [5.74, 6) is -4.83. The van der Waals surface area contributed by atoms with E-state index in [1.165, 1.54) is 0 Å². The molecule has 0 amide bonds. The van der Waals surface area contributed by atoms with Gasteiger partial charge in [-0.15, -0.1) is 0 Å². The molecular weight excluding hydrogens is 546 g/mol. The highest BCUT2D eigenvalue weighted by atomic mass is 32.2. The molecule has 1 fully saturated rings. The Labute approximate surface area is 215 Å². The zero-order valence-corrected chi connectivity index (χ0v) is 19.8. The van der Waals surface area contributed by atoms with E-state index in [0.717, 1.165) is 41.8 Å². The van der Waals surface area contributed by atoms with Crippen molar-refractivity contribution in [1.82, 2.24) is 15.3 Å². The number of benzene rings is 1. The molecule has 38 heavy (non-hydrogen) atoms. The van der Waals surface area contributed by atoms with Gasteiger partial charge in [-0.2, -0.15) is 31.6 Å². The average molecular weight is 564 g/mol. The summed E-state index contributed by atoms with van der Waals surface area (Å²) in [7, 11) is 0. The number of carboxylic acids is 2. The Morgan fingerprint density at radius 1 is 1.00 bits per heavy atom. The van der Waals surface area contributed by atoms with Gasteiger partial charge in [0.2, 0.25) is 5.95 Å². The fourth-order valence-electron chi connectivity index (χ4n) is 2.76. The summed E-state index contributed by atoms with van der Waals surface area (Å²) >= 11 is 1.57. The quantitative estimate of drug-likeness (QED) is 0.313. The SMILES string of the molecule is N#C/C(=C1/Nc2ccccc2S1)c1ccnc(N2CCNCC2)n1.O=C(O)C(F)(F)F.O=C(O)C(F)(F)F. The number of nitrogens with zero attached hydrogens (tertiary/aromatic N) is 4. The molecule has 1 aromatic heterocycles. The number of aliphatic carboxylic acids is 2. The topological polar surface area (TPSA) is 151 Å². The van der Waals surface area contributed by atoms with E-state index >= 15 is 0 Å². The monoisotopic (exact) mass is 564 g/mol. The molecule has 2 aliphatic rings. The number of halogens is 6. The number of nitriles is 1. The van der Waals surface area contributed by atoms with Crippen molar-refractivity contribution in [3.63, 3.8) is 0 Å². The van der Waals surface area contributed by atoms with Crippen LogP contribution in [0.4, 0.5) is 38.0 Å². The number of nitrogens with one attached hydrogen (secondary N) is 2. The van der Waals surface area contributed by atoms with Crippen molar-refractivity contribution in [2.45, 2.75) is 17.2 Å². The van der Waals surface area contributed by atoms with E-state index in [4.69, 9.17) is 19.8 Å². The molecular formula is C21H18F6N6O4S. The second kappa shape index (κ2) is 13.0. The number of fused-ring (bicyclic) bond motifs is 1. The molecule has 0 spiro atoms. The van der Waals surface area contributed by atoms with Gasteiger partial charge in [-0.3, -0.25) is 0 Å². The zero-order valence-electron chi connectivity index (χ0n) is 19.0. The van der Waals surface area contributed by atoms with Crippen molar-refractivity contribution in [1.29, 1.82) is 5.26 Å². The summed E-state index contributed by atoms with van der Waals surface area (Å²) in [5, 5.41) is 31.4. The number of thioether (sulfide) groups is 1. The first-order valence-electron chi connectivity index (χ1n) is 10.3. The van der Waals surface area contributed by atoms with Crippen LogP contribution in [0.5, 0.6) is 0 Å². The van der Waals surface area contributed by atoms with Gasteiger partial charge in [0.25, 0.3) is 0 Å². The van der Waals surface area contributed by atoms with Gasteiger partial charge >= 0.3 is 24.3 Å². The number of anilines is 2. The maximum Gasteiger partial charge on any atom is 0.490 e. The van der Waals surface area contributed by atoms with Crippen LogP contribution in [0.25, 0.3) is 5.57 Å². The fraction of sp³-hybridized carbons (Fsp3) is 0.286. The third kappa shape index (κ3) is 8.81. The number of hydrogen-bond acceptors (Lipinski definition) is 9. The molecule has 10 nitrogen and oxygen atoms in total. The van der Waals surface area contributed by atoms with Crippen LogP contribution < -0.4 is 15.5 Å². The lowest BCUT2D eigenvalue weighted by Gasteiger charge is -2.27. The molecule has 0 radical (unpaired) electrons. The molecule has 0 atom stereocenters. The number of carbonyl (C=O) groups is 2. The number of para-hydroxylation sites is 1. The lowest BCUT2D eigenvalue weighted by atomic mass is 10.2. The Bertz CT molecular complexity index is 1170. The number of allylic oxidation sites excluding steroid dienone is 1. The van der Waals surface area contributed by atoms with Gasteiger partial charge in [0.15, 0.2) is 0 Å². The molecule has 0 saturated carbocycles. The van der Waals surface area contributed by atoms with Crippen LogP contribution >= 0.6 is 11.8 Å². The number of hydrogen-bond donors (Lipinski definition) is 4. The largest absolute Gasteiger partial charge is 0.490 e. The normalized spacial score (nSPS) is 15.9. The van der Waals surface area contributed by atoms with Crippen molar-refractivity contribution in [3.05, 3.63) is 47.3 Å². The molecule has 2 aliphatic heterocycles. The van der Waals surface area contributed by atoms with E-state index in [2.05, 4.69) is 31.6 Å². The summed E-state index contributed by atoms with van der Waals surface area (Å²) in [6, 6.07) is 12.1. The third-order valence-electron chi connectivity index (χ3n) is 4.47. The summed E-state index contributed by atoms with van der Waals surface area (Å²) in [6.45, 7) is 3.60. The maximum atomic E-state index is 10.6. The average Bonchev–Trinajstić information content (AvgIpc) is 3.29. The molecule has 204 valence electrons. The predicted molar refractivity (Wildman–Crippen MR) is 123 cm³/mol. The van der Waals surface area contributed by atoms with Gasteiger partial charge in [0, 0.05) is 37.3 Å². The second-order valence-corrected chi connectivity index (χ2v) is 8.18. The lowest BCUT2D eigenvalue weighted by molar-refractivity contribution is -0.193. The molecule has 0 unspecified atom stereocenters. The van der Waals surface area contributed by atoms with Crippen molar-refractivity contribution in [3.8, 4) is 6.07 Å². The zero-order chi connectivity index (χ0) is 28.5. The van der Waals surface area contributed by atoms with Crippen molar-refractivity contribution < 1.29 is 46.1 Å². The molecule has 1 aromatic carbocycles. The van der Waals surface area contributed by atoms with Crippen LogP contribution in [0, 0.1) is 11.3 Å². The molecule has 1 saturated heterocycles. The first-order chi connectivity index (χ1) is 17.7. The van der Waals surface area contributed by atoms with Gasteiger partial charge in [-0.1, -0.05) is 23.9 Å². The van der Waals surface area contributed by atoms with Gasteiger partial charge in [0.1, 0.15) is 11.6 Å². The molecule has 4 N–H and O–H groups in total. The Morgan fingerprint density at radius 2 is 1.55 bits per heavy atom. The summed E-state index contributed by atoms with van der Waals surface area (Å²) < 4.78 is 63.5. The van der Waals surface area contributed by atoms with Crippen LogP contribution in [0.3, 0.4) is 0 Å². The number of alkyl halides is 6. The third-order valence-corrected chi connectivity index (χ3v) is 5.56. The highest BCUT2D eigenvalue weighted by Crippen LogP contribution is 2.43. The van der Waals surface area contributed by atoms with Gasteiger partial charge in [-0.05, 0) is 18.2 Å². The van der Waals surface area contributed by atoms with E-state index in [1.54, 1.807) is 24.0 Å². The van der Waals surface area contributed by atoms with Gasteiger partial charge in [-0.25, -0.2) is 19.6 Å². The number of rotatable bonds is 2. The van der Waals surface area contributed by atoms with Gasteiger partial charge in [0.05, 0.1) is 16.4 Å². The Hall–Kier alpha value is -4.04. The van der Waals surface area contributed by atoms with Crippen molar-refractivity contribution >= 4 is 40.9 Å². The summed E-state index contributed by atoms with van der Waals surface area (Å²) in [5.41, 5.74) is 2.24. The first-order valence-corrected chi connectivity index (χ1v) is 11.1. The van der Waals surface area contributed by atoms with Crippen LogP contribution in [-0.2, 0) is 9.59 Å². The van der Waals surface area contributed by atoms with Crippen LogP contribution in [0.2, 0.25) is 0 Å². The Kier molecular flexibility index (Phi) is 10.3. The summed E-state index contributed by atoms with van der Waals surface area (Å²) in [4.78, 5) is 30.1. The molecule has 17 heteroatoms. The molecule has 4 rings (SSSR count). The molecule has 3 heterocycles. The van der Waals surface area contributed by atoms with E-state index < -0.39 is 24.3 Å². The summed E-state index contributed by atoms with van der Waals surface area (Å²) in [6.07, 6.45) is -8.44. The minimum atomic E-state index is -5.08.